The number of hydrogen-bond acceptors (Lipinski definition) is 3. The van der Waals surface area contributed by atoms with E-state index in [4.69, 9.17) is 16.3 Å². The van der Waals surface area contributed by atoms with Gasteiger partial charge in [0.25, 0.3) is 5.91 Å². The molecule has 1 fully saturated rings. The van der Waals surface area contributed by atoms with E-state index >= 15 is 0 Å². The number of benzene rings is 2. The normalized spacial score (nSPS) is 15.2. The van der Waals surface area contributed by atoms with Crippen molar-refractivity contribution < 1.29 is 13.9 Å². The highest BCUT2D eigenvalue weighted by Crippen LogP contribution is 2.22. The Morgan fingerprint density at radius 1 is 1.16 bits per heavy atom. The molecule has 6 heteroatoms. The molecule has 0 aromatic heterocycles. The van der Waals surface area contributed by atoms with Gasteiger partial charge in [0.15, 0.2) is 0 Å². The molecule has 25 heavy (non-hydrogen) atoms. The predicted octanol–water partition coefficient (Wildman–Crippen LogP) is 3.45. The number of halogens is 2. The lowest BCUT2D eigenvalue weighted by Crippen LogP contribution is -2.48. The van der Waals surface area contributed by atoms with Crippen molar-refractivity contribution in [3.8, 4) is 5.75 Å². The Balaban J connectivity index is 1.61. The topological polar surface area (TPSA) is 32.8 Å². The zero-order chi connectivity index (χ0) is 17.8. The maximum atomic E-state index is 13.1. The van der Waals surface area contributed by atoms with E-state index in [0.29, 0.717) is 36.0 Å². The molecule has 0 bridgehead atoms. The summed E-state index contributed by atoms with van der Waals surface area (Å²) in [5, 5.41) is 0.438. The van der Waals surface area contributed by atoms with E-state index in [1.165, 1.54) is 12.1 Å². The molecule has 4 nitrogen and oxygen atoms in total. The molecule has 1 heterocycles. The van der Waals surface area contributed by atoms with E-state index in [1.807, 2.05) is 17.0 Å². The molecule has 132 valence electrons. The van der Waals surface area contributed by atoms with Gasteiger partial charge in [-0.15, -0.1) is 0 Å². The number of carbonyl (C=O) groups is 1. The minimum atomic E-state index is -0.332. The van der Waals surface area contributed by atoms with Crippen LogP contribution < -0.4 is 4.74 Å². The van der Waals surface area contributed by atoms with Gasteiger partial charge >= 0.3 is 0 Å². The summed E-state index contributed by atoms with van der Waals surface area (Å²) in [6.45, 7) is 3.41. The maximum Gasteiger partial charge on any atom is 0.257 e. The van der Waals surface area contributed by atoms with Crippen LogP contribution in [0.5, 0.6) is 5.75 Å². The van der Waals surface area contributed by atoms with Crippen LogP contribution >= 0.6 is 11.6 Å². The first-order valence-electron chi connectivity index (χ1n) is 8.17. The second-order valence-corrected chi connectivity index (χ2v) is 6.41. The van der Waals surface area contributed by atoms with Gasteiger partial charge in [-0.05, 0) is 29.8 Å². The quantitative estimate of drug-likeness (QED) is 0.835. The highest BCUT2D eigenvalue weighted by molar-refractivity contribution is 6.31. The molecule has 3 rings (SSSR count). The smallest absolute Gasteiger partial charge is 0.257 e. The summed E-state index contributed by atoms with van der Waals surface area (Å²) in [5.41, 5.74) is 1.48. The van der Waals surface area contributed by atoms with Gasteiger partial charge in [0, 0.05) is 37.7 Å². The van der Waals surface area contributed by atoms with Gasteiger partial charge in [-0.25, -0.2) is 4.39 Å². The third-order valence-corrected chi connectivity index (χ3v) is 4.76. The first-order chi connectivity index (χ1) is 12.1. The van der Waals surface area contributed by atoms with Crippen molar-refractivity contribution in [3.05, 3.63) is 64.4 Å². The molecule has 0 radical (unpaired) electrons. The molecule has 1 aliphatic heterocycles. The van der Waals surface area contributed by atoms with Crippen LogP contribution in [0, 0.1) is 5.82 Å². The summed E-state index contributed by atoms with van der Waals surface area (Å²) in [4.78, 5) is 16.7. The third kappa shape index (κ3) is 4.11. The van der Waals surface area contributed by atoms with Crippen molar-refractivity contribution >= 4 is 17.5 Å². The molecular formula is C19H20ClFN2O2. The van der Waals surface area contributed by atoms with Crippen molar-refractivity contribution in [1.29, 1.82) is 0 Å². The van der Waals surface area contributed by atoms with Crippen LogP contribution in [0.4, 0.5) is 4.39 Å². The zero-order valence-electron chi connectivity index (χ0n) is 14.0. The number of hydrogen-bond donors (Lipinski definition) is 0. The predicted molar refractivity (Wildman–Crippen MR) is 95.6 cm³/mol. The standard InChI is InChI=1S/C19H20ClFN2O2/c1-25-18-5-3-2-4-16(18)19(24)23-10-8-22(9-11-23)13-14-6-7-15(21)12-17(14)20/h2-7,12H,8-11,13H2,1H3. The molecule has 0 aliphatic carbocycles. The first kappa shape index (κ1) is 17.7. The maximum absolute atomic E-state index is 13.1. The molecular weight excluding hydrogens is 343 g/mol. The fraction of sp³-hybridized carbons (Fsp3) is 0.316. The van der Waals surface area contributed by atoms with E-state index in [1.54, 1.807) is 25.3 Å². The lowest BCUT2D eigenvalue weighted by Gasteiger charge is -2.35. The number of nitrogens with zero attached hydrogens (tertiary/aromatic N) is 2. The minimum Gasteiger partial charge on any atom is -0.496 e. The molecule has 1 aliphatic rings. The fourth-order valence-electron chi connectivity index (χ4n) is 2.99. The van der Waals surface area contributed by atoms with Gasteiger partial charge in [-0.2, -0.15) is 0 Å². The zero-order valence-corrected chi connectivity index (χ0v) is 14.8. The van der Waals surface area contributed by atoms with Gasteiger partial charge in [-0.1, -0.05) is 29.8 Å². The van der Waals surface area contributed by atoms with E-state index in [2.05, 4.69) is 4.90 Å². The molecule has 0 N–H and O–H groups in total. The second kappa shape index (κ2) is 7.85. The highest BCUT2D eigenvalue weighted by atomic mass is 35.5. The fourth-order valence-corrected chi connectivity index (χ4v) is 3.22. The lowest BCUT2D eigenvalue weighted by atomic mass is 10.1. The average Bonchev–Trinajstić information content (AvgIpc) is 2.64. The van der Waals surface area contributed by atoms with Crippen LogP contribution in [0.2, 0.25) is 5.02 Å². The van der Waals surface area contributed by atoms with Gasteiger partial charge in [-0.3, -0.25) is 9.69 Å². The van der Waals surface area contributed by atoms with E-state index < -0.39 is 0 Å². The molecule has 1 saturated heterocycles. The Morgan fingerprint density at radius 2 is 1.88 bits per heavy atom. The van der Waals surface area contributed by atoms with Crippen molar-refractivity contribution in [3.63, 3.8) is 0 Å². The number of amides is 1. The molecule has 0 saturated carbocycles. The summed E-state index contributed by atoms with van der Waals surface area (Å²) >= 11 is 6.10. The van der Waals surface area contributed by atoms with Gasteiger partial charge < -0.3 is 9.64 Å². The molecule has 0 spiro atoms. The molecule has 0 unspecified atom stereocenters. The van der Waals surface area contributed by atoms with Crippen molar-refractivity contribution in [1.82, 2.24) is 9.80 Å². The van der Waals surface area contributed by atoms with E-state index in [-0.39, 0.29) is 11.7 Å². The lowest BCUT2D eigenvalue weighted by molar-refractivity contribution is 0.0625. The molecule has 2 aromatic rings. The summed E-state index contributed by atoms with van der Waals surface area (Å²) in [6.07, 6.45) is 0. The number of rotatable bonds is 4. The Morgan fingerprint density at radius 3 is 2.56 bits per heavy atom. The Labute approximate surface area is 151 Å². The monoisotopic (exact) mass is 362 g/mol. The summed E-state index contributed by atoms with van der Waals surface area (Å²) < 4.78 is 18.4. The van der Waals surface area contributed by atoms with Crippen LogP contribution in [0.3, 0.4) is 0 Å². The summed E-state index contributed by atoms with van der Waals surface area (Å²) in [5.74, 6) is 0.242. The van der Waals surface area contributed by atoms with Gasteiger partial charge in [0.2, 0.25) is 0 Å². The highest BCUT2D eigenvalue weighted by Gasteiger charge is 2.24. The van der Waals surface area contributed by atoms with Crippen LogP contribution in [0.1, 0.15) is 15.9 Å². The SMILES string of the molecule is COc1ccccc1C(=O)N1CCN(Cc2ccc(F)cc2Cl)CC1. The number of ether oxygens (including phenoxy) is 1. The molecule has 1 amide bonds. The van der Waals surface area contributed by atoms with Crippen LogP contribution in [-0.4, -0.2) is 49.0 Å². The average molecular weight is 363 g/mol. The number of para-hydroxylation sites is 1. The number of carbonyl (C=O) groups excluding carboxylic acids is 1. The van der Waals surface area contributed by atoms with Crippen molar-refractivity contribution in [2.45, 2.75) is 6.54 Å². The van der Waals surface area contributed by atoms with E-state index in [9.17, 15) is 9.18 Å². The molecule has 0 atom stereocenters. The van der Waals surface area contributed by atoms with Crippen molar-refractivity contribution in [2.75, 3.05) is 33.3 Å². The van der Waals surface area contributed by atoms with Gasteiger partial charge in [0.05, 0.1) is 12.7 Å². The van der Waals surface area contributed by atoms with Crippen LogP contribution in [-0.2, 0) is 6.54 Å². The minimum absolute atomic E-state index is 0.0167. The largest absolute Gasteiger partial charge is 0.496 e. The summed E-state index contributed by atoms with van der Waals surface area (Å²) in [7, 11) is 1.57. The number of methoxy groups -OCH3 is 1. The number of piperazine rings is 1. The van der Waals surface area contributed by atoms with Gasteiger partial charge in [0.1, 0.15) is 11.6 Å². The Kier molecular flexibility index (Phi) is 5.56. The first-order valence-corrected chi connectivity index (χ1v) is 8.55. The molecule has 2 aromatic carbocycles. The summed E-state index contributed by atoms with van der Waals surface area (Å²) in [6, 6.07) is 11.7. The Hall–Kier alpha value is -2.11. The van der Waals surface area contributed by atoms with Crippen LogP contribution in [0.25, 0.3) is 0 Å². The Bertz CT molecular complexity index is 761. The van der Waals surface area contributed by atoms with Crippen molar-refractivity contribution in [2.24, 2.45) is 0 Å². The van der Waals surface area contributed by atoms with Crippen LogP contribution in [0.15, 0.2) is 42.5 Å². The second-order valence-electron chi connectivity index (χ2n) is 6.00. The van der Waals surface area contributed by atoms with E-state index in [0.717, 1.165) is 18.7 Å². The third-order valence-electron chi connectivity index (χ3n) is 4.41.